The summed E-state index contributed by atoms with van der Waals surface area (Å²) in [5.41, 5.74) is 1.04. The summed E-state index contributed by atoms with van der Waals surface area (Å²) in [7, 11) is 0. The summed E-state index contributed by atoms with van der Waals surface area (Å²) in [5.74, 6) is 0.691. The van der Waals surface area contributed by atoms with E-state index in [0.29, 0.717) is 28.9 Å². The first-order valence-corrected chi connectivity index (χ1v) is 8.40. The molecule has 0 atom stereocenters. The number of hydrogen-bond acceptors (Lipinski definition) is 3. The van der Waals surface area contributed by atoms with E-state index < -0.39 is 0 Å². The Morgan fingerprint density at radius 3 is 2.39 bits per heavy atom. The minimum Gasteiger partial charge on any atom is -0.494 e. The highest BCUT2D eigenvalue weighted by molar-refractivity contribution is 6.07. The van der Waals surface area contributed by atoms with Crippen LogP contribution in [0.3, 0.4) is 0 Å². The number of carbonyl (C=O) groups excluding carboxylic acids is 2. The monoisotopic (exact) mass is 312 g/mol. The van der Waals surface area contributed by atoms with Crippen molar-refractivity contribution >= 4 is 23.3 Å². The molecule has 0 saturated carbocycles. The van der Waals surface area contributed by atoms with Gasteiger partial charge in [0.05, 0.1) is 6.61 Å². The lowest BCUT2D eigenvalue weighted by Gasteiger charge is -2.10. The zero-order valence-electron chi connectivity index (χ0n) is 13.7. The van der Waals surface area contributed by atoms with Crippen LogP contribution in [0.1, 0.15) is 66.2 Å². The maximum atomic E-state index is 11.3. The predicted molar refractivity (Wildman–Crippen MR) is 93.6 cm³/mol. The second-order valence-corrected chi connectivity index (χ2v) is 5.81. The van der Waals surface area contributed by atoms with Crippen molar-refractivity contribution in [3.05, 3.63) is 41.5 Å². The summed E-state index contributed by atoms with van der Waals surface area (Å²) in [6.45, 7) is 2.87. The first-order chi connectivity index (χ1) is 11.3. The number of rotatable bonds is 10. The van der Waals surface area contributed by atoms with Crippen LogP contribution in [0.5, 0.6) is 5.75 Å². The fourth-order valence-corrected chi connectivity index (χ4v) is 2.81. The Morgan fingerprint density at radius 1 is 0.913 bits per heavy atom. The predicted octanol–water partition coefficient (Wildman–Crippen LogP) is 5.20. The lowest BCUT2D eigenvalue weighted by Crippen LogP contribution is -1.99. The van der Waals surface area contributed by atoms with Gasteiger partial charge in [-0.25, -0.2) is 0 Å². The van der Waals surface area contributed by atoms with Crippen LogP contribution in [0, 0.1) is 0 Å². The van der Waals surface area contributed by atoms with Gasteiger partial charge < -0.3 is 4.74 Å². The molecule has 2 rings (SSSR count). The van der Waals surface area contributed by atoms with Gasteiger partial charge in [-0.15, -0.1) is 0 Å². The highest BCUT2D eigenvalue weighted by atomic mass is 16.5. The molecule has 0 N–H and O–H groups in total. The number of unbranched alkanes of at least 4 members (excludes halogenated alkanes) is 5. The third-order valence-electron chi connectivity index (χ3n) is 4.03. The molecule has 0 saturated heterocycles. The maximum Gasteiger partial charge on any atom is 0.150 e. The molecule has 0 amide bonds. The van der Waals surface area contributed by atoms with Gasteiger partial charge in [-0.05, 0) is 23.9 Å². The van der Waals surface area contributed by atoms with Gasteiger partial charge in [0.2, 0.25) is 0 Å². The molecular weight excluding hydrogens is 288 g/mol. The minimum atomic E-state index is 0.503. The molecule has 0 aliphatic rings. The molecular formula is C20H24O3. The summed E-state index contributed by atoms with van der Waals surface area (Å²) in [6.07, 6.45) is 8.85. The van der Waals surface area contributed by atoms with Crippen LogP contribution in [-0.4, -0.2) is 19.2 Å². The molecule has 0 aliphatic heterocycles. The molecule has 0 aliphatic carbocycles. The molecule has 0 fully saturated rings. The molecule has 0 aromatic heterocycles. The zero-order chi connectivity index (χ0) is 16.5. The topological polar surface area (TPSA) is 43.4 Å². The fraction of sp³-hybridized carbons (Fsp3) is 0.400. The van der Waals surface area contributed by atoms with E-state index in [1.54, 1.807) is 12.1 Å². The van der Waals surface area contributed by atoms with E-state index >= 15 is 0 Å². The van der Waals surface area contributed by atoms with Gasteiger partial charge in [-0.3, -0.25) is 9.59 Å². The van der Waals surface area contributed by atoms with Crippen LogP contribution in [0.25, 0.3) is 10.8 Å². The smallest absolute Gasteiger partial charge is 0.150 e. The van der Waals surface area contributed by atoms with Crippen molar-refractivity contribution in [2.75, 3.05) is 6.61 Å². The second-order valence-electron chi connectivity index (χ2n) is 5.81. The molecule has 3 heteroatoms. The molecule has 2 aromatic carbocycles. The summed E-state index contributed by atoms with van der Waals surface area (Å²) >= 11 is 0. The van der Waals surface area contributed by atoms with Gasteiger partial charge in [0.15, 0.2) is 12.6 Å². The standard InChI is InChI=1S/C20H24O3/c1-2-3-4-5-6-7-11-23-19-12-16-9-8-10-17(14-21)20(16)18(13-19)15-22/h8-10,12-15H,2-7,11H2,1H3. The van der Waals surface area contributed by atoms with E-state index in [1.807, 2.05) is 18.2 Å². The van der Waals surface area contributed by atoms with Crippen molar-refractivity contribution in [3.8, 4) is 5.75 Å². The molecule has 0 unspecified atom stereocenters. The first-order valence-electron chi connectivity index (χ1n) is 8.40. The third kappa shape index (κ3) is 4.65. The highest BCUT2D eigenvalue weighted by Crippen LogP contribution is 2.27. The van der Waals surface area contributed by atoms with Crippen LogP contribution >= 0.6 is 0 Å². The fourth-order valence-electron chi connectivity index (χ4n) is 2.81. The number of carbonyl (C=O) groups is 2. The van der Waals surface area contributed by atoms with Crippen molar-refractivity contribution < 1.29 is 14.3 Å². The molecule has 0 radical (unpaired) electrons. The van der Waals surface area contributed by atoms with Crippen LogP contribution < -0.4 is 4.74 Å². The van der Waals surface area contributed by atoms with Gasteiger partial charge in [0, 0.05) is 16.5 Å². The van der Waals surface area contributed by atoms with Crippen LogP contribution in [-0.2, 0) is 0 Å². The van der Waals surface area contributed by atoms with Crippen molar-refractivity contribution in [1.82, 2.24) is 0 Å². The summed E-state index contributed by atoms with van der Waals surface area (Å²) in [4.78, 5) is 22.5. The lowest BCUT2D eigenvalue weighted by atomic mass is 10.00. The number of fused-ring (bicyclic) bond motifs is 1. The van der Waals surface area contributed by atoms with Gasteiger partial charge in [0.1, 0.15) is 5.75 Å². The largest absolute Gasteiger partial charge is 0.494 e. The average molecular weight is 312 g/mol. The molecule has 0 bridgehead atoms. The van der Waals surface area contributed by atoms with Gasteiger partial charge in [-0.1, -0.05) is 57.2 Å². The van der Waals surface area contributed by atoms with Crippen molar-refractivity contribution in [2.24, 2.45) is 0 Å². The van der Waals surface area contributed by atoms with E-state index in [9.17, 15) is 9.59 Å². The van der Waals surface area contributed by atoms with E-state index in [4.69, 9.17) is 4.74 Å². The van der Waals surface area contributed by atoms with E-state index in [0.717, 1.165) is 24.4 Å². The summed E-state index contributed by atoms with van der Waals surface area (Å²) in [5, 5.41) is 1.56. The third-order valence-corrected chi connectivity index (χ3v) is 4.03. The van der Waals surface area contributed by atoms with Gasteiger partial charge in [-0.2, -0.15) is 0 Å². The Morgan fingerprint density at radius 2 is 1.65 bits per heavy atom. The Balaban J connectivity index is 2.02. The number of hydrogen-bond donors (Lipinski definition) is 0. The Bertz CT molecular complexity index is 661. The minimum absolute atomic E-state index is 0.503. The Hall–Kier alpha value is -2.16. The van der Waals surface area contributed by atoms with E-state index in [-0.39, 0.29) is 0 Å². The van der Waals surface area contributed by atoms with Crippen molar-refractivity contribution in [3.63, 3.8) is 0 Å². The number of benzene rings is 2. The Kier molecular flexibility index (Phi) is 6.79. The van der Waals surface area contributed by atoms with E-state index in [1.165, 1.54) is 32.1 Å². The normalized spacial score (nSPS) is 10.7. The van der Waals surface area contributed by atoms with Crippen molar-refractivity contribution in [2.45, 2.75) is 45.4 Å². The lowest BCUT2D eigenvalue weighted by molar-refractivity contribution is 0.112. The number of aldehydes is 2. The number of ether oxygens (including phenoxy) is 1. The van der Waals surface area contributed by atoms with Crippen LogP contribution in [0.15, 0.2) is 30.3 Å². The zero-order valence-corrected chi connectivity index (χ0v) is 13.7. The van der Waals surface area contributed by atoms with Gasteiger partial charge >= 0.3 is 0 Å². The molecule has 2 aromatic rings. The quantitative estimate of drug-likeness (QED) is 0.447. The molecule has 3 nitrogen and oxygen atoms in total. The molecule has 0 spiro atoms. The van der Waals surface area contributed by atoms with Crippen molar-refractivity contribution in [1.29, 1.82) is 0 Å². The SMILES string of the molecule is CCCCCCCCOc1cc(C=O)c2c(C=O)cccc2c1. The van der Waals surface area contributed by atoms with E-state index in [2.05, 4.69) is 6.92 Å². The molecule has 23 heavy (non-hydrogen) atoms. The Labute approximate surface area is 137 Å². The van der Waals surface area contributed by atoms with Crippen LogP contribution in [0.2, 0.25) is 0 Å². The summed E-state index contributed by atoms with van der Waals surface area (Å²) in [6, 6.07) is 9.05. The summed E-state index contributed by atoms with van der Waals surface area (Å²) < 4.78 is 5.79. The maximum absolute atomic E-state index is 11.3. The van der Waals surface area contributed by atoms with Crippen LogP contribution in [0.4, 0.5) is 0 Å². The average Bonchev–Trinajstić information content (AvgIpc) is 2.59. The first kappa shape index (κ1) is 17.2. The highest BCUT2D eigenvalue weighted by Gasteiger charge is 2.08. The van der Waals surface area contributed by atoms with Gasteiger partial charge in [0.25, 0.3) is 0 Å². The molecule has 0 heterocycles. The molecule has 122 valence electrons. The second kappa shape index (κ2) is 9.09.